The Morgan fingerprint density at radius 1 is 0.755 bits per heavy atom. The number of primary amides is 2. The summed E-state index contributed by atoms with van der Waals surface area (Å²) >= 11 is 0. The highest BCUT2D eigenvalue weighted by molar-refractivity contribution is 7.47. The van der Waals surface area contributed by atoms with Gasteiger partial charge in [-0.05, 0) is 90.6 Å². The predicted molar refractivity (Wildman–Crippen MR) is 336 cm³/mol. The van der Waals surface area contributed by atoms with Crippen LogP contribution in [0.15, 0.2) is 70.9 Å². The lowest BCUT2D eigenvalue weighted by molar-refractivity contribution is -0.372. The maximum atomic E-state index is 13.9. The van der Waals surface area contributed by atoms with Crippen molar-refractivity contribution in [2.45, 2.75) is 248 Å². The number of rotatable bonds is 34. The van der Waals surface area contributed by atoms with Gasteiger partial charge in [-0.3, -0.25) is 33.0 Å². The normalized spacial score (nSPS) is 33.5. The minimum atomic E-state index is -5.77. The second-order valence-corrected chi connectivity index (χ2v) is 27.1. The number of carbonyl (C=O) groups excluding carboxylic acids is 6. The number of Topliss-reactive ketones (excluding diaryl/α,β-unsaturated/α-hetero) is 1. The van der Waals surface area contributed by atoms with Crippen molar-refractivity contribution in [1.29, 1.82) is 0 Å². The van der Waals surface area contributed by atoms with Gasteiger partial charge in [-0.1, -0.05) is 61.4 Å². The smallest absolute Gasteiger partial charge is 0.474 e. The number of phosphoric acid groups is 1. The van der Waals surface area contributed by atoms with E-state index in [2.05, 4.69) is 75.4 Å². The summed E-state index contributed by atoms with van der Waals surface area (Å²) in [6.07, 6.45) is -26.2. The summed E-state index contributed by atoms with van der Waals surface area (Å²) in [5.74, 6) is -7.55. The van der Waals surface area contributed by atoms with Gasteiger partial charge in [0.25, 0.3) is 5.91 Å². The van der Waals surface area contributed by atoms with Gasteiger partial charge in [0, 0.05) is 26.7 Å². The summed E-state index contributed by atoms with van der Waals surface area (Å²) in [6.45, 7) is 15.5. The molecule has 2 unspecified atom stereocenters. The number of nitrogens with one attached hydrogen (secondary N) is 3. The minimum Gasteiger partial charge on any atom is -0.510 e. The van der Waals surface area contributed by atoms with Crippen molar-refractivity contribution in [1.82, 2.24) is 16.0 Å². The summed E-state index contributed by atoms with van der Waals surface area (Å²) in [6, 6.07) is -3.89. The Kier molecular flexibility index (Phi) is 30.7. The molecule has 0 radical (unpaired) electrons. The molecular formula is C62H96N5O30P. The van der Waals surface area contributed by atoms with E-state index in [-0.39, 0.29) is 18.3 Å². The van der Waals surface area contributed by atoms with Crippen molar-refractivity contribution in [3.05, 3.63) is 70.9 Å². The van der Waals surface area contributed by atoms with E-state index in [1.54, 1.807) is 6.92 Å². The third kappa shape index (κ3) is 22.9. The predicted octanol–water partition coefficient (Wildman–Crippen LogP) is -0.922. The molecule has 35 nitrogen and oxygen atoms in total. The average Bonchev–Trinajstić information content (AvgIpc) is 0.848. The highest BCUT2D eigenvalue weighted by Crippen LogP contribution is 2.49. The Morgan fingerprint density at radius 3 is 1.83 bits per heavy atom. The van der Waals surface area contributed by atoms with Crippen molar-refractivity contribution >= 4 is 49.3 Å². The fraction of sp³-hybridized carbons (Fsp3) is 0.694. The van der Waals surface area contributed by atoms with Crippen molar-refractivity contribution in [3.63, 3.8) is 0 Å². The second kappa shape index (κ2) is 36.4. The lowest BCUT2D eigenvalue weighted by Crippen LogP contribution is -2.72. The number of aliphatic hydroxyl groups excluding tert-OH is 8. The first kappa shape index (κ1) is 82.5. The number of ether oxygens (including phenoxy) is 9. The summed E-state index contributed by atoms with van der Waals surface area (Å²) in [7, 11) is -5.77. The standard InChI is InChI=1S/C62H96N5O30P/c1-28(2)14-13-16-29(3)17-18-30(4)21-23-61(8,9)22-12-11-15-31(5)26-87-38(55(81)82)27-88-98(85,86)97-59-50(51(96-60(64)83)62(10,84)52(95-59)53(63)79)94-57-41(66-33(7)71)42(74)47(36(24-68)90-57)91-56-40(65-32(6)70)43(75)48(37(25-69)89-56)92-58-46(78)44(76)45(77)49(93-58)54(80)67-39-34(72)19-20-35(39)73/h12,14,17,22,26,36-38,40-52,56-59,68-69,72,74-78,84H,4,11,13,15-16,18-21,23-25,27H2,1-3,5-10H3,(H2,63,79)(H2,64,83)(H,65,70)(H,66,71)(H,67,80)(H,81,82)(H,85,86)/b22-12+,29-17+,31-26-/t36-,37-,38-,40-,41-,42-,43-,44+,45-,46-,47-,48?,49+,50-,51-,52-,56+,57+,58-,59-,62+/m1/s1. The number of hydrogen-bond donors (Lipinski definition) is 16. The summed E-state index contributed by atoms with van der Waals surface area (Å²) in [5, 5.41) is 117. The van der Waals surface area contributed by atoms with Crippen LogP contribution in [0.3, 0.4) is 0 Å². The molecule has 1 aliphatic carbocycles. The van der Waals surface area contributed by atoms with Crippen molar-refractivity contribution in [3.8, 4) is 0 Å². The van der Waals surface area contributed by atoms with Gasteiger partial charge in [-0.2, -0.15) is 0 Å². The zero-order valence-corrected chi connectivity index (χ0v) is 56.8. The number of hydrogen-bond acceptors (Lipinski definition) is 28. The first-order valence-corrected chi connectivity index (χ1v) is 33.0. The number of amides is 5. The number of aliphatic carboxylic acids is 1. The Bertz CT molecular complexity index is 3030. The van der Waals surface area contributed by atoms with E-state index in [1.165, 1.54) is 11.1 Å². The number of carboxylic acid groups (broad SMARTS) is 1. The first-order valence-electron chi connectivity index (χ1n) is 31.5. The molecule has 98 heavy (non-hydrogen) atoms. The number of carbonyl (C=O) groups is 7. The third-order valence-electron chi connectivity index (χ3n) is 16.6. The number of ketones is 1. The van der Waals surface area contributed by atoms with Crippen LogP contribution in [0.5, 0.6) is 0 Å². The lowest BCUT2D eigenvalue weighted by atomic mass is 9.85. The highest BCUT2D eigenvalue weighted by atomic mass is 31.2. The van der Waals surface area contributed by atoms with Gasteiger partial charge in [-0.25, -0.2) is 14.2 Å². The number of carboxylic acids is 1. The number of phosphoric ester groups is 1. The number of nitrogens with two attached hydrogens (primary N) is 2. The summed E-state index contributed by atoms with van der Waals surface area (Å²) < 4.78 is 75.8. The van der Waals surface area contributed by atoms with Crippen LogP contribution in [0.25, 0.3) is 0 Å². The van der Waals surface area contributed by atoms with E-state index in [1.807, 2.05) is 6.08 Å². The Morgan fingerprint density at radius 2 is 1.32 bits per heavy atom. The number of aliphatic hydroxyl groups is 9. The van der Waals surface area contributed by atoms with E-state index in [4.69, 9.17) is 63.1 Å². The molecule has 18 N–H and O–H groups in total. The molecule has 0 aromatic heterocycles. The van der Waals surface area contributed by atoms with Crippen molar-refractivity contribution in [2.24, 2.45) is 16.9 Å². The monoisotopic (exact) mass is 1420 g/mol. The van der Waals surface area contributed by atoms with Crippen LogP contribution in [0, 0.1) is 5.41 Å². The van der Waals surface area contributed by atoms with Gasteiger partial charge in [-0.15, -0.1) is 0 Å². The van der Waals surface area contributed by atoms with Gasteiger partial charge < -0.3 is 126 Å². The fourth-order valence-electron chi connectivity index (χ4n) is 11.1. The van der Waals surface area contributed by atoms with Crippen LogP contribution in [0.4, 0.5) is 4.79 Å². The molecule has 4 heterocycles. The molecule has 0 aromatic carbocycles. The topological polar surface area (TPSA) is 549 Å². The molecule has 0 aromatic rings. The van der Waals surface area contributed by atoms with E-state index >= 15 is 0 Å². The number of allylic oxidation sites excluding steroid dienone is 10. The Hall–Kier alpha value is -6.16. The van der Waals surface area contributed by atoms with E-state index in [0.29, 0.717) is 18.4 Å². The van der Waals surface area contributed by atoms with Crippen LogP contribution in [-0.4, -0.2) is 246 Å². The molecule has 22 atom stereocenters. The quantitative estimate of drug-likeness (QED) is 0.0210. The maximum absolute atomic E-state index is 13.9. The first-order chi connectivity index (χ1) is 45.7. The zero-order valence-electron chi connectivity index (χ0n) is 55.9. The molecule has 5 rings (SSSR count). The Balaban J connectivity index is 1.33. The molecule has 0 spiro atoms. The van der Waals surface area contributed by atoms with E-state index < -0.39 is 209 Å². The molecular weight excluding hydrogens is 1330 g/mol. The zero-order chi connectivity index (χ0) is 73.5. The largest absolute Gasteiger partial charge is 0.510 e. The van der Waals surface area contributed by atoms with E-state index in [0.717, 1.165) is 64.7 Å². The minimum absolute atomic E-state index is 0.119. The molecule has 36 heteroatoms. The van der Waals surface area contributed by atoms with Gasteiger partial charge in [0.15, 0.2) is 55.4 Å². The SMILES string of the molecule is C=C(C/C=C(\C)CCC=C(C)C)CCC(C)(C)/C=C/CC/C(C)=C\O[C@H](COP(=O)(O)O[C@H]1O[C@H](C(N)=O)[C@@](C)(O)[C@H](OC(N)=O)[C@H]1O[C@@H]1O[C@H](CO)[C@@H](O[C@@H]2O[C@H](CO)C(O[C@@H]3O[C@H](C(=O)NC4=C(O)CCC4=O)[C@H](O)[C@H](O)[C@H]3O)[C@H](O)[C@H]2NC(C)=O)[C@H](O)[C@H]1NC(C)=O)C(=O)O. The summed E-state index contributed by atoms with van der Waals surface area (Å²) in [5.41, 5.74) is 11.7. The molecule has 5 aliphatic rings. The van der Waals surface area contributed by atoms with Crippen LogP contribution in [0.2, 0.25) is 0 Å². The molecule has 0 saturated carbocycles. The molecule has 4 fully saturated rings. The molecule has 554 valence electrons. The third-order valence-corrected chi connectivity index (χ3v) is 17.5. The average molecular weight is 1420 g/mol. The van der Waals surface area contributed by atoms with Crippen LogP contribution >= 0.6 is 7.82 Å². The molecule has 4 aliphatic heterocycles. The van der Waals surface area contributed by atoms with Crippen LogP contribution in [-0.2, 0) is 85.0 Å². The second-order valence-electron chi connectivity index (χ2n) is 25.7. The van der Waals surface area contributed by atoms with Crippen molar-refractivity contribution < 1.29 is 146 Å². The van der Waals surface area contributed by atoms with Gasteiger partial charge in [0.1, 0.15) is 90.7 Å². The van der Waals surface area contributed by atoms with Crippen LogP contribution in [0.1, 0.15) is 120 Å². The molecule has 5 amide bonds. The van der Waals surface area contributed by atoms with Crippen molar-refractivity contribution in [2.75, 3.05) is 19.8 Å². The fourth-order valence-corrected chi connectivity index (χ4v) is 11.9. The maximum Gasteiger partial charge on any atom is 0.474 e. The Labute approximate surface area is 565 Å². The van der Waals surface area contributed by atoms with Crippen LogP contribution < -0.4 is 27.4 Å². The highest BCUT2D eigenvalue weighted by Gasteiger charge is 2.62. The van der Waals surface area contributed by atoms with Gasteiger partial charge >= 0.3 is 19.9 Å². The summed E-state index contributed by atoms with van der Waals surface area (Å²) in [4.78, 5) is 100. The van der Waals surface area contributed by atoms with Gasteiger partial charge in [0.05, 0.1) is 19.5 Å². The van der Waals surface area contributed by atoms with E-state index in [9.17, 15) is 94.1 Å². The lowest BCUT2D eigenvalue weighted by Gasteiger charge is -2.51. The molecule has 4 saturated heterocycles. The molecule has 0 bridgehead atoms. The van der Waals surface area contributed by atoms with Gasteiger partial charge in [0.2, 0.25) is 23.8 Å².